The summed E-state index contributed by atoms with van der Waals surface area (Å²) >= 11 is 0. The van der Waals surface area contributed by atoms with E-state index in [1.807, 2.05) is 25.1 Å². The fraction of sp³-hybridized carbons (Fsp3) is 0.500. The highest BCUT2D eigenvalue weighted by Crippen LogP contribution is 2.39. The molecular weight excluding hydrogens is 214 g/mol. The van der Waals surface area contributed by atoms with E-state index >= 15 is 0 Å². The van der Waals surface area contributed by atoms with Crippen LogP contribution in [0.1, 0.15) is 30.9 Å². The molecule has 1 unspecified atom stereocenters. The fourth-order valence-corrected chi connectivity index (χ4v) is 2.48. The van der Waals surface area contributed by atoms with Crippen LogP contribution in [-0.4, -0.2) is 13.7 Å². The highest BCUT2D eigenvalue weighted by Gasteiger charge is 2.37. The molecule has 0 saturated heterocycles. The van der Waals surface area contributed by atoms with Gasteiger partial charge in [0.05, 0.1) is 7.11 Å². The smallest absolute Gasteiger partial charge is 0.179 e. The molecule has 0 aromatic heterocycles. The Hall–Kier alpha value is -1.53. The summed E-state index contributed by atoms with van der Waals surface area (Å²) in [4.78, 5) is 0. The lowest BCUT2D eigenvalue weighted by Crippen LogP contribution is -2.32. The average Bonchev–Trinajstić information content (AvgIpc) is 2.39. The molecule has 1 aliphatic carbocycles. The SMILES string of the molecule is CCOC1(C#N)CCCc2ccc(OC)cc21. The van der Waals surface area contributed by atoms with E-state index in [-0.39, 0.29) is 0 Å². The van der Waals surface area contributed by atoms with Crippen LogP contribution in [0.5, 0.6) is 5.75 Å². The molecule has 2 rings (SSSR count). The number of methoxy groups -OCH3 is 1. The van der Waals surface area contributed by atoms with Gasteiger partial charge in [-0.3, -0.25) is 0 Å². The van der Waals surface area contributed by atoms with E-state index in [0.717, 1.165) is 30.6 Å². The quantitative estimate of drug-likeness (QED) is 0.803. The first kappa shape index (κ1) is 11.9. The van der Waals surface area contributed by atoms with Gasteiger partial charge in [-0.05, 0) is 43.9 Å². The third-order valence-corrected chi connectivity index (χ3v) is 3.30. The van der Waals surface area contributed by atoms with Crippen molar-refractivity contribution in [2.75, 3.05) is 13.7 Å². The third-order valence-electron chi connectivity index (χ3n) is 3.30. The summed E-state index contributed by atoms with van der Waals surface area (Å²) in [5, 5.41) is 9.47. The molecule has 0 aliphatic heterocycles. The Balaban J connectivity index is 2.51. The first-order chi connectivity index (χ1) is 8.25. The Morgan fingerprint density at radius 3 is 2.94 bits per heavy atom. The molecule has 1 aromatic rings. The number of hydrogen-bond acceptors (Lipinski definition) is 3. The van der Waals surface area contributed by atoms with Crippen LogP contribution in [-0.2, 0) is 16.8 Å². The lowest BCUT2D eigenvalue weighted by atomic mass is 9.79. The second-order valence-electron chi connectivity index (χ2n) is 4.25. The first-order valence-corrected chi connectivity index (χ1v) is 5.98. The van der Waals surface area contributed by atoms with Gasteiger partial charge in [0.2, 0.25) is 0 Å². The Morgan fingerprint density at radius 1 is 1.47 bits per heavy atom. The summed E-state index contributed by atoms with van der Waals surface area (Å²) in [7, 11) is 1.64. The molecule has 1 atom stereocenters. The molecule has 0 saturated carbocycles. The summed E-state index contributed by atoms with van der Waals surface area (Å²) in [6.07, 6.45) is 2.76. The van der Waals surface area contributed by atoms with Gasteiger partial charge in [-0.2, -0.15) is 5.26 Å². The van der Waals surface area contributed by atoms with Gasteiger partial charge in [0.1, 0.15) is 11.8 Å². The van der Waals surface area contributed by atoms with E-state index in [1.165, 1.54) is 5.56 Å². The van der Waals surface area contributed by atoms with Crippen LogP contribution < -0.4 is 4.74 Å². The van der Waals surface area contributed by atoms with E-state index < -0.39 is 5.60 Å². The van der Waals surface area contributed by atoms with Gasteiger partial charge in [0.25, 0.3) is 0 Å². The molecule has 0 bridgehead atoms. The Kier molecular flexibility index (Phi) is 3.35. The number of nitriles is 1. The van der Waals surface area contributed by atoms with Crippen molar-refractivity contribution in [1.82, 2.24) is 0 Å². The Labute approximate surface area is 102 Å². The van der Waals surface area contributed by atoms with Crippen LogP contribution in [0.2, 0.25) is 0 Å². The molecule has 0 fully saturated rings. The summed E-state index contributed by atoms with van der Waals surface area (Å²) in [6.45, 7) is 2.47. The number of fused-ring (bicyclic) bond motifs is 1. The lowest BCUT2D eigenvalue weighted by Gasteiger charge is -2.33. The maximum atomic E-state index is 9.47. The number of aryl methyl sites for hydroxylation is 1. The molecule has 0 amide bonds. The standard InChI is InChI=1S/C14H17NO2/c1-3-17-14(10-15)8-4-5-11-6-7-12(16-2)9-13(11)14/h6-7,9H,3-5,8H2,1-2H3. The van der Waals surface area contributed by atoms with Crippen molar-refractivity contribution in [2.45, 2.75) is 31.8 Å². The fourth-order valence-electron chi connectivity index (χ4n) is 2.48. The predicted octanol–water partition coefficient (Wildman–Crippen LogP) is 2.79. The molecule has 0 heterocycles. The van der Waals surface area contributed by atoms with Gasteiger partial charge in [0.15, 0.2) is 5.60 Å². The number of rotatable bonds is 3. The van der Waals surface area contributed by atoms with E-state index in [0.29, 0.717) is 6.61 Å². The van der Waals surface area contributed by atoms with Crippen molar-refractivity contribution in [3.63, 3.8) is 0 Å². The predicted molar refractivity (Wildman–Crippen MR) is 64.8 cm³/mol. The molecule has 17 heavy (non-hydrogen) atoms. The maximum absolute atomic E-state index is 9.47. The zero-order valence-electron chi connectivity index (χ0n) is 10.3. The molecule has 0 N–H and O–H groups in total. The number of hydrogen-bond donors (Lipinski definition) is 0. The van der Waals surface area contributed by atoms with Crippen molar-refractivity contribution < 1.29 is 9.47 Å². The molecule has 3 nitrogen and oxygen atoms in total. The van der Waals surface area contributed by atoms with Crippen molar-refractivity contribution in [1.29, 1.82) is 5.26 Å². The molecule has 1 aliphatic rings. The maximum Gasteiger partial charge on any atom is 0.179 e. The van der Waals surface area contributed by atoms with Crippen LogP contribution in [0.25, 0.3) is 0 Å². The summed E-state index contributed by atoms with van der Waals surface area (Å²) in [5.74, 6) is 0.782. The van der Waals surface area contributed by atoms with Crippen LogP contribution in [0, 0.1) is 11.3 Å². The zero-order chi connectivity index (χ0) is 12.3. The highest BCUT2D eigenvalue weighted by atomic mass is 16.5. The Bertz CT molecular complexity index is 450. The van der Waals surface area contributed by atoms with Crippen LogP contribution in [0.15, 0.2) is 18.2 Å². The lowest BCUT2D eigenvalue weighted by molar-refractivity contribution is -0.0111. The van der Waals surface area contributed by atoms with Crippen molar-refractivity contribution >= 4 is 0 Å². The van der Waals surface area contributed by atoms with Crippen LogP contribution in [0.3, 0.4) is 0 Å². The van der Waals surface area contributed by atoms with Crippen molar-refractivity contribution in [3.8, 4) is 11.8 Å². The third kappa shape index (κ3) is 2.01. The highest BCUT2D eigenvalue weighted by molar-refractivity contribution is 5.44. The molecule has 90 valence electrons. The number of ether oxygens (including phenoxy) is 2. The van der Waals surface area contributed by atoms with Crippen LogP contribution in [0.4, 0.5) is 0 Å². The summed E-state index contributed by atoms with van der Waals surface area (Å²) in [5.41, 5.74) is 1.40. The Morgan fingerprint density at radius 2 is 2.29 bits per heavy atom. The van der Waals surface area contributed by atoms with Gasteiger partial charge in [-0.15, -0.1) is 0 Å². The minimum Gasteiger partial charge on any atom is -0.497 e. The average molecular weight is 231 g/mol. The van der Waals surface area contributed by atoms with Gasteiger partial charge in [0, 0.05) is 12.2 Å². The van der Waals surface area contributed by atoms with Gasteiger partial charge in [-0.1, -0.05) is 6.07 Å². The summed E-state index contributed by atoms with van der Waals surface area (Å²) < 4.78 is 11.0. The van der Waals surface area contributed by atoms with Gasteiger partial charge in [-0.25, -0.2) is 0 Å². The number of nitrogens with zero attached hydrogens (tertiary/aromatic N) is 1. The largest absolute Gasteiger partial charge is 0.497 e. The second-order valence-corrected chi connectivity index (χ2v) is 4.25. The van der Waals surface area contributed by atoms with E-state index in [2.05, 4.69) is 6.07 Å². The minimum atomic E-state index is -0.781. The second kappa shape index (κ2) is 4.77. The molecular formula is C14H17NO2. The molecule has 1 aromatic carbocycles. The molecule has 0 spiro atoms. The normalized spacial score (nSPS) is 22.6. The zero-order valence-corrected chi connectivity index (χ0v) is 10.3. The first-order valence-electron chi connectivity index (χ1n) is 5.98. The van der Waals surface area contributed by atoms with E-state index in [9.17, 15) is 5.26 Å². The van der Waals surface area contributed by atoms with Gasteiger partial charge >= 0.3 is 0 Å². The van der Waals surface area contributed by atoms with E-state index in [1.54, 1.807) is 7.11 Å². The number of benzene rings is 1. The molecule has 0 radical (unpaired) electrons. The summed E-state index contributed by atoms with van der Waals surface area (Å²) in [6, 6.07) is 8.27. The topological polar surface area (TPSA) is 42.2 Å². The monoisotopic (exact) mass is 231 g/mol. The minimum absolute atomic E-state index is 0.546. The van der Waals surface area contributed by atoms with Crippen molar-refractivity contribution in [3.05, 3.63) is 29.3 Å². The molecule has 3 heteroatoms. The van der Waals surface area contributed by atoms with Crippen LogP contribution >= 0.6 is 0 Å². The van der Waals surface area contributed by atoms with Crippen molar-refractivity contribution in [2.24, 2.45) is 0 Å². The van der Waals surface area contributed by atoms with Gasteiger partial charge < -0.3 is 9.47 Å². The van der Waals surface area contributed by atoms with E-state index in [4.69, 9.17) is 9.47 Å².